The Morgan fingerprint density at radius 1 is 1.24 bits per heavy atom. The van der Waals surface area contributed by atoms with Crippen molar-refractivity contribution in [1.82, 2.24) is 19.5 Å². The Bertz CT molecular complexity index is 1280. The summed E-state index contributed by atoms with van der Waals surface area (Å²) in [5.41, 5.74) is -0.797. The van der Waals surface area contributed by atoms with Crippen LogP contribution in [-0.4, -0.2) is 50.8 Å². The SMILES string of the molecule is CC1(F)CCN(C(=O)Nc2cnn3ccc(N4CC[C@H]5C[C@]54c4cc(F)ccc4F)nc23)C1. The van der Waals surface area contributed by atoms with Gasteiger partial charge < -0.3 is 15.1 Å². The molecule has 1 aromatic carbocycles. The maximum Gasteiger partial charge on any atom is 0.322 e. The predicted octanol–water partition coefficient (Wildman–Crippen LogP) is 4.10. The summed E-state index contributed by atoms with van der Waals surface area (Å²) in [4.78, 5) is 20.8. The predicted molar refractivity (Wildman–Crippen MR) is 116 cm³/mol. The zero-order chi connectivity index (χ0) is 23.0. The van der Waals surface area contributed by atoms with Gasteiger partial charge in [0.1, 0.15) is 28.8 Å². The van der Waals surface area contributed by atoms with E-state index in [1.165, 1.54) is 34.7 Å². The van der Waals surface area contributed by atoms with E-state index in [1.54, 1.807) is 12.3 Å². The van der Waals surface area contributed by atoms with Crippen LogP contribution in [0.25, 0.3) is 5.65 Å². The molecule has 3 atom stereocenters. The van der Waals surface area contributed by atoms with Crippen molar-refractivity contribution < 1.29 is 18.0 Å². The van der Waals surface area contributed by atoms with Gasteiger partial charge >= 0.3 is 6.03 Å². The summed E-state index contributed by atoms with van der Waals surface area (Å²) in [6, 6.07) is 4.97. The average Bonchev–Trinajstić information content (AvgIpc) is 3.05. The topological polar surface area (TPSA) is 65.8 Å². The fourth-order valence-corrected chi connectivity index (χ4v) is 5.49. The number of nitrogens with one attached hydrogen (secondary N) is 1. The van der Waals surface area contributed by atoms with Crippen molar-refractivity contribution in [1.29, 1.82) is 0 Å². The molecule has 0 radical (unpaired) electrons. The summed E-state index contributed by atoms with van der Waals surface area (Å²) in [5.74, 6) is -0.0378. The standard InChI is InChI=1S/C23H23F3N6O/c1-22(26)6-9-30(13-22)21(33)28-18-12-27-32-8-5-19(29-20(18)32)31-7-4-14-11-23(14,31)16-10-15(24)2-3-17(16)25/h2-3,5,8,10,12,14H,4,6-7,9,11,13H2,1H3,(H,28,33)/t14-,22?,23+/m0/s1. The number of benzene rings is 1. The number of anilines is 2. The van der Waals surface area contributed by atoms with Crippen molar-refractivity contribution in [2.75, 3.05) is 29.9 Å². The first-order chi connectivity index (χ1) is 15.8. The second-order valence-corrected chi connectivity index (χ2v) is 9.52. The number of aromatic nitrogens is 3. The van der Waals surface area contributed by atoms with Crippen LogP contribution in [0, 0.1) is 17.6 Å². The number of nitrogens with zero attached hydrogens (tertiary/aromatic N) is 5. The number of hydrogen-bond donors (Lipinski definition) is 1. The molecule has 0 bridgehead atoms. The van der Waals surface area contributed by atoms with Crippen LogP contribution in [0.2, 0.25) is 0 Å². The monoisotopic (exact) mass is 456 g/mol. The van der Waals surface area contributed by atoms with Gasteiger partial charge in [-0.25, -0.2) is 27.5 Å². The molecular weight excluding hydrogens is 433 g/mol. The second-order valence-electron chi connectivity index (χ2n) is 9.52. The van der Waals surface area contributed by atoms with Crippen molar-refractivity contribution in [3.8, 4) is 0 Å². The van der Waals surface area contributed by atoms with Crippen LogP contribution in [-0.2, 0) is 5.54 Å². The first kappa shape index (κ1) is 20.3. The van der Waals surface area contributed by atoms with Crippen LogP contribution in [0.3, 0.4) is 0 Å². The first-order valence-corrected chi connectivity index (χ1v) is 11.1. The van der Waals surface area contributed by atoms with Gasteiger partial charge in [0, 0.05) is 31.3 Å². The molecule has 3 aromatic rings. The minimum Gasteiger partial charge on any atom is -0.346 e. The van der Waals surface area contributed by atoms with Gasteiger partial charge in [0.2, 0.25) is 0 Å². The molecule has 33 heavy (non-hydrogen) atoms. The van der Waals surface area contributed by atoms with Crippen LogP contribution in [0.1, 0.15) is 31.7 Å². The lowest BCUT2D eigenvalue weighted by atomic mass is 10.0. The molecule has 1 saturated carbocycles. The minimum absolute atomic E-state index is 0.0353. The molecule has 2 aliphatic heterocycles. The summed E-state index contributed by atoms with van der Waals surface area (Å²) >= 11 is 0. The lowest BCUT2D eigenvalue weighted by Crippen LogP contribution is -2.35. The van der Waals surface area contributed by atoms with Crippen molar-refractivity contribution in [3.63, 3.8) is 0 Å². The number of rotatable bonds is 3. The Hall–Kier alpha value is -3.30. The summed E-state index contributed by atoms with van der Waals surface area (Å²) in [5, 5.41) is 7.03. The molecular formula is C23H23F3N6O. The Balaban J connectivity index is 1.32. The van der Waals surface area contributed by atoms with E-state index in [0.717, 1.165) is 18.9 Å². The highest BCUT2D eigenvalue weighted by Crippen LogP contribution is 2.63. The van der Waals surface area contributed by atoms with E-state index < -0.39 is 28.9 Å². The molecule has 1 unspecified atom stereocenters. The molecule has 2 amide bonds. The van der Waals surface area contributed by atoms with Gasteiger partial charge in [-0.3, -0.25) is 0 Å². The van der Waals surface area contributed by atoms with Crippen molar-refractivity contribution in [2.24, 2.45) is 5.92 Å². The summed E-state index contributed by atoms with van der Waals surface area (Å²) in [7, 11) is 0. The number of piperidine rings is 1. The molecule has 2 saturated heterocycles. The zero-order valence-electron chi connectivity index (χ0n) is 18.1. The summed E-state index contributed by atoms with van der Waals surface area (Å²) in [6.07, 6.45) is 5.13. The van der Waals surface area contributed by atoms with Gasteiger partial charge in [-0.05, 0) is 49.9 Å². The lowest BCUT2D eigenvalue weighted by Gasteiger charge is -2.30. The van der Waals surface area contributed by atoms with Gasteiger partial charge in [0.05, 0.1) is 18.3 Å². The number of fused-ring (bicyclic) bond motifs is 2. The highest BCUT2D eigenvalue weighted by atomic mass is 19.1. The Labute approximate surface area is 188 Å². The summed E-state index contributed by atoms with van der Waals surface area (Å²) in [6.45, 7) is 2.53. The third-order valence-corrected chi connectivity index (χ3v) is 7.23. The van der Waals surface area contributed by atoms with E-state index in [0.29, 0.717) is 42.2 Å². The molecule has 0 spiro atoms. The van der Waals surface area contributed by atoms with E-state index in [9.17, 15) is 18.0 Å². The second kappa shape index (κ2) is 6.85. The summed E-state index contributed by atoms with van der Waals surface area (Å²) < 4.78 is 44.3. The van der Waals surface area contributed by atoms with Crippen molar-refractivity contribution >= 4 is 23.2 Å². The maximum absolute atomic E-state index is 14.7. The van der Waals surface area contributed by atoms with Crippen LogP contribution in [0.15, 0.2) is 36.7 Å². The fourth-order valence-electron chi connectivity index (χ4n) is 5.49. The van der Waals surface area contributed by atoms with Gasteiger partial charge in [-0.15, -0.1) is 0 Å². The van der Waals surface area contributed by atoms with E-state index in [2.05, 4.69) is 10.4 Å². The smallest absolute Gasteiger partial charge is 0.322 e. The molecule has 1 aliphatic carbocycles. The van der Waals surface area contributed by atoms with E-state index in [1.807, 2.05) is 4.90 Å². The number of carbonyl (C=O) groups is 1. The molecule has 2 aromatic heterocycles. The number of urea groups is 1. The average molecular weight is 456 g/mol. The van der Waals surface area contributed by atoms with Crippen LogP contribution in [0.5, 0.6) is 0 Å². The molecule has 10 heteroatoms. The Morgan fingerprint density at radius 3 is 2.85 bits per heavy atom. The number of carbonyl (C=O) groups excluding carboxylic acids is 1. The van der Waals surface area contributed by atoms with Crippen LogP contribution >= 0.6 is 0 Å². The third kappa shape index (κ3) is 3.14. The number of likely N-dealkylation sites (tertiary alicyclic amines) is 1. The van der Waals surface area contributed by atoms with Gasteiger partial charge in [0.15, 0.2) is 5.65 Å². The third-order valence-electron chi connectivity index (χ3n) is 7.23. The fraction of sp³-hybridized carbons (Fsp3) is 0.435. The molecule has 1 N–H and O–H groups in total. The molecule has 4 heterocycles. The quantitative estimate of drug-likeness (QED) is 0.645. The van der Waals surface area contributed by atoms with Gasteiger partial charge in [-0.1, -0.05) is 0 Å². The number of hydrogen-bond acceptors (Lipinski definition) is 4. The maximum atomic E-state index is 14.7. The highest BCUT2D eigenvalue weighted by molar-refractivity contribution is 5.93. The Morgan fingerprint density at radius 2 is 2.09 bits per heavy atom. The zero-order valence-corrected chi connectivity index (χ0v) is 18.1. The molecule has 3 fully saturated rings. The number of amides is 2. The van der Waals surface area contributed by atoms with E-state index in [-0.39, 0.29) is 12.5 Å². The van der Waals surface area contributed by atoms with Crippen molar-refractivity contribution in [2.45, 2.75) is 37.4 Å². The largest absolute Gasteiger partial charge is 0.346 e. The lowest BCUT2D eigenvalue weighted by molar-refractivity contribution is 0.186. The molecule has 6 rings (SSSR count). The number of halogens is 3. The van der Waals surface area contributed by atoms with Gasteiger partial charge in [-0.2, -0.15) is 5.10 Å². The highest BCUT2D eigenvalue weighted by Gasteiger charge is 2.64. The molecule has 172 valence electrons. The van der Waals surface area contributed by atoms with Crippen molar-refractivity contribution in [3.05, 3.63) is 53.9 Å². The van der Waals surface area contributed by atoms with E-state index in [4.69, 9.17) is 4.98 Å². The molecule has 3 aliphatic rings. The van der Waals surface area contributed by atoms with E-state index >= 15 is 0 Å². The van der Waals surface area contributed by atoms with Crippen LogP contribution in [0.4, 0.5) is 29.5 Å². The first-order valence-electron chi connectivity index (χ1n) is 11.1. The number of alkyl halides is 1. The van der Waals surface area contributed by atoms with Gasteiger partial charge in [0.25, 0.3) is 0 Å². The normalized spacial score (nSPS) is 28.4. The van der Waals surface area contributed by atoms with Crippen LogP contribution < -0.4 is 10.2 Å². The molecule has 7 nitrogen and oxygen atoms in total. The minimum atomic E-state index is -1.39. The Kier molecular flexibility index (Phi) is 4.22.